The normalized spacial score (nSPS) is 10.9. The maximum absolute atomic E-state index is 4.24. The van der Waals surface area contributed by atoms with Gasteiger partial charge in [0, 0.05) is 31.5 Å². The first-order chi connectivity index (χ1) is 6.70. The van der Waals surface area contributed by atoms with Gasteiger partial charge >= 0.3 is 0 Å². The molecule has 1 rings (SSSR count). The molecule has 0 fully saturated rings. The minimum absolute atomic E-state index is 0.910. The van der Waals surface area contributed by atoms with Gasteiger partial charge < -0.3 is 10.2 Å². The van der Waals surface area contributed by atoms with Crippen LogP contribution in [0.5, 0.6) is 0 Å². The lowest BCUT2D eigenvalue weighted by Crippen LogP contribution is -2.26. The maximum atomic E-state index is 4.24. The maximum Gasteiger partial charge on any atom is 0.0417 e. The average Bonchev–Trinajstić information content (AvgIpc) is 2.15. The van der Waals surface area contributed by atoms with Gasteiger partial charge in [-0.25, -0.2) is 0 Å². The summed E-state index contributed by atoms with van der Waals surface area (Å²) in [7, 11) is 4.16. The number of likely N-dealkylation sites (N-methyl/N-ethyl adjacent to an activating group) is 1. The van der Waals surface area contributed by atoms with Crippen LogP contribution in [0, 0.1) is 6.92 Å². The molecule has 0 radical (unpaired) electrons. The molecule has 1 N–H and O–H groups in total. The van der Waals surface area contributed by atoms with Crippen LogP contribution in [0.3, 0.4) is 0 Å². The van der Waals surface area contributed by atoms with Crippen LogP contribution >= 0.6 is 0 Å². The van der Waals surface area contributed by atoms with Crippen LogP contribution in [0.2, 0.25) is 0 Å². The van der Waals surface area contributed by atoms with Crippen molar-refractivity contribution in [3.05, 3.63) is 29.6 Å². The molecule has 0 amide bonds. The quantitative estimate of drug-likeness (QED) is 0.708. The second-order valence-electron chi connectivity index (χ2n) is 3.73. The van der Waals surface area contributed by atoms with Gasteiger partial charge in [-0.05, 0) is 32.6 Å². The zero-order chi connectivity index (χ0) is 10.4. The molecule has 0 saturated heterocycles. The van der Waals surface area contributed by atoms with Gasteiger partial charge in [-0.3, -0.25) is 4.98 Å². The fourth-order valence-electron chi connectivity index (χ4n) is 1.23. The highest BCUT2D eigenvalue weighted by Gasteiger charge is 1.97. The summed E-state index contributed by atoms with van der Waals surface area (Å²) < 4.78 is 0. The van der Waals surface area contributed by atoms with Crippen molar-refractivity contribution in [1.82, 2.24) is 15.2 Å². The largest absolute Gasteiger partial charge is 0.311 e. The lowest BCUT2D eigenvalue weighted by Gasteiger charge is -2.10. The smallest absolute Gasteiger partial charge is 0.0417 e. The van der Waals surface area contributed by atoms with Crippen molar-refractivity contribution in [1.29, 1.82) is 0 Å². The van der Waals surface area contributed by atoms with E-state index in [0.717, 1.165) is 25.3 Å². The number of hydrogen-bond donors (Lipinski definition) is 1. The molecule has 0 unspecified atom stereocenters. The van der Waals surface area contributed by atoms with Crippen LogP contribution in [0.25, 0.3) is 0 Å². The van der Waals surface area contributed by atoms with E-state index in [-0.39, 0.29) is 0 Å². The molecule has 3 nitrogen and oxygen atoms in total. The molecule has 0 saturated carbocycles. The molecule has 0 bridgehead atoms. The summed E-state index contributed by atoms with van der Waals surface area (Å²) in [5, 5.41) is 3.39. The van der Waals surface area contributed by atoms with E-state index in [4.69, 9.17) is 0 Å². The van der Waals surface area contributed by atoms with Gasteiger partial charge in [-0.1, -0.05) is 6.07 Å². The average molecular weight is 193 g/mol. The van der Waals surface area contributed by atoms with E-state index in [9.17, 15) is 0 Å². The fourth-order valence-corrected chi connectivity index (χ4v) is 1.23. The van der Waals surface area contributed by atoms with Crippen LogP contribution in [0.4, 0.5) is 0 Å². The zero-order valence-corrected chi connectivity index (χ0v) is 9.25. The predicted molar refractivity (Wildman–Crippen MR) is 59.2 cm³/mol. The van der Waals surface area contributed by atoms with Gasteiger partial charge in [0.15, 0.2) is 0 Å². The highest BCUT2D eigenvalue weighted by Crippen LogP contribution is 2.01. The van der Waals surface area contributed by atoms with Gasteiger partial charge in [0.05, 0.1) is 0 Å². The summed E-state index contributed by atoms with van der Waals surface area (Å²) in [6.07, 6.45) is 1.83. The van der Waals surface area contributed by atoms with E-state index in [1.807, 2.05) is 19.2 Å². The van der Waals surface area contributed by atoms with Crippen molar-refractivity contribution in [3.8, 4) is 0 Å². The van der Waals surface area contributed by atoms with Crippen LogP contribution < -0.4 is 5.32 Å². The molecule has 0 aromatic carbocycles. The first-order valence-corrected chi connectivity index (χ1v) is 4.96. The lowest BCUT2D eigenvalue weighted by atomic mass is 10.2. The van der Waals surface area contributed by atoms with Crippen molar-refractivity contribution >= 4 is 0 Å². The Bertz CT molecular complexity index is 271. The van der Waals surface area contributed by atoms with E-state index in [0.29, 0.717) is 0 Å². The van der Waals surface area contributed by atoms with Gasteiger partial charge in [-0.2, -0.15) is 0 Å². The summed E-state index contributed by atoms with van der Waals surface area (Å²) in [5.74, 6) is 0. The summed E-state index contributed by atoms with van der Waals surface area (Å²) in [4.78, 5) is 6.41. The van der Waals surface area contributed by atoms with Crippen molar-refractivity contribution in [2.45, 2.75) is 13.5 Å². The van der Waals surface area contributed by atoms with Crippen LogP contribution in [0.15, 0.2) is 18.3 Å². The van der Waals surface area contributed by atoms with Gasteiger partial charge in [0.25, 0.3) is 0 Å². The molecule has 0 aliphatic carbocycles. The Morgan fingerprint density at radius 1 is 1.43 bits per heavy atom. The summed E-state index contributed by atoms with van der Waals surface area (Å²) in [5.41, 5.74) is 2.40. The lowest BCUT2D eigenvalue weighted by molar-refractivity contribution is 0.400. The van der Waals surface area contributed by atoms with Gasteiger partial charge in [0.1, 0.15) is 0 Å². The number of pyridine rings is 1. The number of rotatable bonds is 5. The number of nitrogens with zero attached hydrogens (tertiary/aromatic N) is 2. The molecular formula is C11H19N3. The van der Waals surface area contributed by atoms with Crippen molar-refractivity contribution in [3.63, 3.8) is 0 Å². The standard InChI is InChI=1S/C11H19N3/c1-10-11(5-4-6-13-10)9-12-7-8-14(2)3/h4-6,12H,7-9H2,1-3H3. The van der Waals surface area contributed by atoms with Crippen molar-refractivity contribution < 1.29 is 0 Å². The Balaban J connectivity index is 2.28. The fraction of sp³-hybridized carbons (Fsp3) is 0.545. The van der Waals surface area contributed by atoms with E-state index in [1.54, 1.807) is 0 Å². The molecule has 3 heteroatoms. The Morgan fingerprint density at radius 2 is 2.21 bits per heavy atom. The number of aryl methyl sites for hydroxylation is 1. The van der Waals surface area contributed by atoms with E-state index >= 15 is 0 Å². The molecule has 0 aliphatic rings. The van der Waals surface area contributed by atoms with E-state index in [2.05, 4.69) is 35.4 Å². The third-order valence-electron chi connectivity index (χ3n) is 2.17. The van der Waals surface area contributed by atoms with Crippen molar-refractivity contribution in [2.75, 3.05) is 27.2 Å². The highest BCUT2D eigenvalue weighted by atomic mass is 15.1. The second kappa shape index (κ2) is 5.73. The number of hydrogen-bond acceptors (Lipinski definition) is 3. The first kappa shape index (κ1) is 11.1. The van der Waals surface area contributed by atoms with Crippen LogP contribution in [0.1, 0.15) is 11.3 Å². The van der Waals surface area contributed by atoms with Crippen LogP contribution in [-0.2, 0) is 6.54 Å². The van der Waals surface area contributed by atoms with Crippen LogP contribution in [-0.4, -0.2) is 37.1 Å². The molecule has 14 heavy (non-hydrogen) atoms. The molecule has 78 valence electrons. The Morgan fingerprint density at radius 3 is 2.86 bits per heavy atom. The summed E-state index contributed by atoms with van der Waals surface area (Å²) >= 11 is 0. The molecule has 1 heterocycles. The number of nitrogens with one attached hydrogen (secondary N) is 1. The molecule has 1 aromatic heterocycles. The minimum atomic E-state index is 0.910. The Hall–Kier alpha value is -0.930. The van der Waals surface area contributed by atoms with E-state index in [1.165, 1.54) is 5.56 Å². The summed E-state index contributed by atoms with van der Waals surface area (Å²) in [6.45, 7) is 5.04. The third kappa shape index (κ3) is 3.85. The SMILES string of the molecule is Cc1ncccc1CNCCN(C)C. The molecule has 0 atom stereocenters. The minimum Gasteiger partial charge on any atom is -0.311 e. The third-order valence-corrected chi connectivity index (χ3v) is 2.17. The molecule has 0 aliphatic heterocycles. The molecule has 0 spiro atoms. The van der Waals surface area contributed by atoms with Gasteiger partial charge in [-0.15, -0.1) is 0 Å². The predicted octanol–water partition coefficient (Wildman–Crippen LogP) is 1.04. The second-order valence-corrected chi connectivity index (χ2v) is 3.73. The highest BCUT2D eigenvalue weighted by molar-refractivity contribution is 5.17. The zero-order valence-electron chi connectivity index (χ0n) is 9.25. The Labute approximate surface area is 86.2 Å². The monoisotopic (exact) mass is 193 g/mol. The Kier molecular flexibility index (Phi) is 4.56. The number of aromatic nitrogens is 1. The van der Waals surface area contributed by atoms with Gasteiger partial charge in [0.2, 0.25) is 0 Å². The summed E-state index contributed by atoms with van der Waals surface area (Å²) in [6, 6.07) is 4.10. The van der Waals surface area contributed by atoms with E-state index < -0.39 is 0 Å². The first-order valence-electron chi connectivity index (χ1n) is 4.96. The van der Waals surface area contributed by atoms with Crippen molar-refractivity contribution in [2.24, 2.45) is 0 Å². The molecular weight excluding hydrogens is 174 g/mol. The topological polar surface area (TPSA) is 28.2 Å². The molecule has 1 aromatic rings.